The second-order valence-corrected chi connectivity index (χ2v) is 6.32. The van der Waals surface area contributed by atoms with E-state index >= 15 is 0 Å². The van der Waals surface area contributed by atoms with Crippen LogP contribution in [0.1, 0.15) is 16.6 Å². The maximum absolute atomic E-state index is 14.2. The van der Waals surface area contributed by atoms with Crippen molar-refractivity contribution in [3.63, 3.8) is 0 Å². The van der Waals surface area contributed by atoms with E-state index in [2.05, 4.69) is 10.3 Å². The van der Waals surface area contributed by atoms with E-state index in [4.69, 9.17) is 19.3 Å². The number of anilines is 1. The summed E-state index contributed by atoms with van der Waals surface area (Å²) in [5.41, 5.74) is -1.11. The quantitative estimate of drug-likeness (QED) is 0.604. The van der Waals surface area contributed by atoms with Crippen LogP contribution in [0.2, 0.25) is 0 Å². The van der Waals surface area contributed by atoms with Gasteiger partial charge in [-0.3, -0.25) is 9.36 Å². The highest BCUT2D eigenvalue weighted by Crippen LogP contribution is 2.42. The molecule has 1 amide bonds. The first-order valence-corrected chi connectivity index (χ1v) is 8.68. The summed E-state index contributed by atoms with van der Waals surface area (Å²) in [6, 6.07) is 5.79. The number of halogens is 2. The first-order chi connectivity index (χ1) is 14.2. The Bertz CT molecular complexity index is 976. The molecule has 1 aliphatic heterocycles. The molecule has 3 atom stereocenters. The fraction of sp³-hybridized carbons (Fsp3) is 0.389. The van der Waals surface area contributed by atoms with Gasteiger partial charge in [0, 0.05) is 6.20 Å². The molecule has 1 aromatic carbocycles. The topological polar surface area (TPSA) is 132 Å². The minimum atomic E-state index is -3.84. The van der Waals surface area contributed by atoms with Gasteiger partial charge < -0.3 is 29.7 Å². The Morgan fingerprint density at radius 1 is 1.30 bits per heavy atom. The number of nitrogens with one attached hydrogen (secondary N) is 1. The molecule has 0 spiro atoms. The Balaban J connectivity index is 1.87. The highest BCUT2D eigenvalue weighted by molar-refractivity contribution is 6.07. The van der Waals surface area contributed by atoms with Gasteiger partial charge in [-0.15, -0.1) is 0 Å². The number of nitrogens with zero attached hydrogens (tertiary/aromatic N) is 2. The summed E-state index contributed by atoms with van der Waals surface area (Å²) in [4.78, 5) is 28.5. The molecule has 1 aliphatic rings. The van der Waals surface area contributed by atoms with Crippen LogP contribution in [-0.2, 0) is 4.74 Å². The van der Waals surface area contributed by atoms with Crippen molar-refractivity contribution in [3.8, 4) is 11.5 Å². The zero-order chi connectivity index (χ0) is 22.1. The first kappa shape index (κ1) is 21.6. The van der Waals surface area contributed by atoms with E-state index in [1.807, 2.05) is 0 Å². The van der Waals surface area contributed by atoms with Crippen LogP contribution >= 0.6 is 0 Å². The molecule has 12 heteroatoms. The summed E-state index contributed by atoms with van der Waals surface area (Å²) in [5, 5.41) is 21.0. The zero-order valence-electron chi connectivity index (χ0n) is 15.9. The third-order valence-corrected chi connectivity index (χ3v) is 4.54. The van der Waals surface area contributed by atoms with Gasteiger partial charge in [0.15, 0.2) is 6.10 Å². The van der Waals surface area contributed by atoms with Gasteiger partial charge in [0.25, 0.3) is 5.91 Å². The van der Waals surface area contributed by atoms with Gasteiger partial charge in [0.05, 0.1) is 20.8 Å². The SMILES string of the molecule is COc1cccc(OC)c1C(=O)Nc1ccn(C2OC(CO)C(O)C2(F)F)c(=O)n1. The molecule has 1 saturated heterocycles. The van der Waals surface area contributed by atoms with E-state index < -0.39 is 42.6 Å². The van der Waals surface area contributed by atoms with Crippen LogP contribution in [0.15, 0.2) is 35.3 Å². The molecule has 1 aromatic heterocycles. The fourth-order valence-corrected chi connectivity index (χ4v) is 3.03. The number of hydrogen-bond donors (Lipinski definition) is 3. The number of alkyl halides is 2. The maximum atomic E-state index is 14.2. The number of benzene rings is 1. The average molecular weight is 427 g/mol. The van der Waals surface area contributed by atoms with E-state index in [9.17, 15) is 23.5 Å². The minimum absolute atomic E-state index is 0.0491. The van der Waals surface area contributed by atoms with Gasteiger partial charge in [0.2, 0.25) is 6.23 Å². The summed E-state index contributed by atoms with van der Waals surface area (Å²) < 4.78 is 44.1. The van der Waals surface area contributed by atoms with Gasteiger partial charge in [-0.1, -0.05) is 6.07 Å². The van der Waals surface area contributed by atoms with Crippen LogP contribution in [0.25, 0.3) is 0 Å². The molecule has 0 radical (unpaired) electrons. The van der Waals surface area contributed by atoms with Crippen molar-refractivity contribution in [2.75, 3.05) is 26.1 Å². The lowest BCUT2D eigenvalue weighted by atomic mass is 10.1. The number of hydrogen-bond acceptors (Lipinski definition) is 8. The number of aromatic nitrogens is 2. The molecule has 3 N–H and O–H groups in total. The Labute approximate surface area is 168 Å². The molecule has 0 aliphatic carbocycles. The van der Waals surface area contributed by atoms with Crippen LogP contribution < -0.4 is 20.5 Å². The van der Waals surface area contributed by atoms with Crippen LogP contribution in [0.5, 0.6) is 11.5 Å². The number of methoxy groups -OCH3 is 2. The van der Waals surface area contributed by atoms with E-state index in [1.54, 1.807) is 6.07 Å². The first-order valence-electron chi connectivity index (χ1n) is 8.68. The van der Waals surface area contributed by atoms with Crippen molar-refractivity contribution in [1.29, 1.82) is 0 Å². The lowest BCUT2D eigenvalue weighted by molar-refractivity contribution is -0.140. The summed E-state index contributed by atoms with van der Waals surface area (Å²) in [7, 11) is 2.72. The molecular formula is C18H19F2N3O7. The van der Waals surface area contributed by atoms with Gasteiger partial charge in [0.1, 0.15) is 29.0 Å². The second kappa shape index (κ2) is 8.34. The fourth-order valence-electron chi connectivity index (χ4n) is 3.03. The number of aliphatic hydroxyl groups excluding tert-OH is 2. The summed E-state index contributed by atoms with van der Waals surface area (Å²) in [6.07, 6.45) is -5.08. The van der Waals surface area contributed by atoms with Crippen molar-refractivity contribution in [2.45, 2.75) is 24.4 Å². The predicted octanol–water partition coefficient (Wildman–Crippen LogP) is 0.399. The van der Waals surface area contributed by atoms with Crippen LogP contribution in [0.4, 0.5) is 14.6 Å². The molecule has 0 saturated carbocycles. The largest absolute Gasteiger partial charge is 0.496 e. The molecule has 10 nitrogen and oxygen atoms in total. The highest BCUT2D eigenvalue weighted by Gasteiger charge is 2.59. The third kappa shape index (κ3) is 3.72. The van der Waals surface area contributed by atoms with Crippen molar-refractivity contribution < 1.29 is 38.0 Å². The van der Waals surface area contributed by atoms with Crippen LogP contribution in [-0.4, -0.2) is 64.6 Å². The molecule has 2 aromatic rings. The Hall–Kier alpha value is -3.09. The Morgan fingerprint density at radius 2 is 1.93 bits per heavy atom. The van der Waals surface area contributed by atoms with Crippen molar-refractivity contribution in [1.82, 2.24) is 9.55 Å². The monoisotopic (exact) mass is 427 g/mol. The molecule has 0 bridgehead atoms. The van der Waals surface area contributed by atoms with Gasteiger partial charge in [-0.25, -0.2) is 4.79 Å². The Kier molecular flexibility index (Phi) is 6.01. The highest BCUT2D eigenvalue weighted by atomic mass is 19.3. The van der Waals surface area contributed by atoms with Crippen molar-refractivity contribution in [2.24, 2.45) is 0 Å². The maximum Gasteiger partial charge on any atom is 0.351 e. The van der Waals surface area contributed by atoms with Crippen LogP contribution in [0.3, 0.4) is 0 Å². The van der Waals surface area contributed by atoms with E-state index in [-0.39, 0.29) is 22.9 Å². The van der Waals surface area contributed by atoms with E-state index in [1.165, 1.54) is 26.4 Å². The smallest absolute Gasteiger partial charge is 0.351 e. The van der Waals surface area contributed by atoms with E-state index in [0.717, 1.165) is 12.3 Å². The van der Waals surface area contributed by atoms with Gasteiger partial charge >= 0.3 is 11.6 Å². The molecule has 3 unspecified atom stereocenters. The normalized spacial score (nSPS) is 22.5. The third-order valence-electron chi connectivity index (χ3n) is 4.54. The zero-order valence-corrected chi connectivity index (χ0v) is 15.9. The number of ether oxygens (including phenoxy) is 3. The lowest BCUT2D eigenvalue weighted by Crippen LogP contribution is -2.41. The summed E-state index contributed by atoms with van der Waals surface area (Å²) >= 11 is 0. The molecule has 162 valence electrons. The van der Waals surface area contributed by atoms with Gasteiger partial charge in [-0.05, 0) is 18.2 Å². The second-order valence-electron chi connectivity index (χ2n) is 6.32. The van der Waals surface area contributed by atoms with Crippen molar-refractivity contribution >= 4 is 11.7 Å². The molecule has 3 rings (SSSR count). The lowest BCUT2D eigenvalue weighted by Gasteiger charge is -2.21. The minimum Gasteiger partial charge on any atom is -0.496 e. The number of amides is 1. The summed E-state index contributed by atoms with van der Waals surface area (Å²) in [5.74, 6) is -4.33. The standard InChI is InChI=1S/C18H19F2N3O7/c1-28-9-4-3-5-10(29-2)13(9)15(26)21-12-6-7-23(17(27)22-12)16-18(19,20)14(25)11(8-24)30-16/h3-7,11,14,16,24-25H,8H2,1-2H3,(H,21,22,26,27). The number of carbonyl (C=O) groups excluding carboxylic acids is 1. The van der Waals surface area contributed by atoms with Crippen LogP contribution in [0, 0.1) is 0 Å². The number of aliphatic hydroxyl groups is 2. The molecule has 1 fully saturated rings. The van der Waals surface area contributed by atoms with Crippen molar-refractivity contribution in [3.05, 3.63) is 46.5 Å². The molecular weight excluding hydrogens is 408 g/mol. The molecule has 30 heavy (non-hydrogen) atoms. The van der Waals surface area contributed by atoms with Gasteiger partial charge in [-0.2, -0.15) is 13.8 Å². The van der Waals surface area contributed by atoms with E-state index in [0.29, 0.717) is 4.57 Å². The Morgan fingerprint density at radius 3 is 2.43 bits per heavy atom. The number of rotatable bonds is 6. The molecule has 2 heterocycles. The summed E-state index contributed by atoms with van der Waals surface area (Å²) in [6.45, 7) is -0.857. The number of carbonyl (C=O) groups is 1. The average Bonchev–Trinajstić information content (AvgIpc) is 2.96. The predicted molar refractivity (Wildman–Crippen MR) is 97.9 cm³/mol.